The van der Waals surface area contributed by atoms with Gasteiger partial charge in [0, 0.05) is 6.54 Å². The van der Waals surface area contributed by atoms with Crippen LogP contribution in [0.3, 0.4) is 0 Å². The van der Waals surface area contributed by atoms with Crippen molar-refractivity contribution in [3.63, 3.8) is 0 Å². The molecule has 0 saturated carbocycles. The maximum Gasteiger partial charge on any atom is 0.0616 e. The number of hydrogen-bond acceptors (Lipinski definition) is 3. The molecule has 4 N–H and O–H groups in total. The number of nitrogens with one attached hydrogen (secondary N) is 2. The van der Waals surface area contributed by atoms with Crippen LogP contribution in [0, 0.1) is 0 Å². The minimum Gasteiger partial charge on any atom is -0.329 e. The molecule has 4 heteroatoms. The highest BCUT2D eigenvalue weighted by Crippen LogP contribution is 2.18. The van der Waals surface area contributed by atoms with Gasteiger partial charge in [-0.3, -0.25) is 5.10 Å². The van der Waals surface area contributed by atoms with E-state index in [1.807, 2.05) is 6.20 Å². The maximum absolute atomic E-state index is 5.57. The molecule has 0 bridgehead atoms. The minimum atomic E-state index is 0.279. The van der Waals surface area contributed by atoms with Gasteiger partial charge in [-0.1, -0.05) is 0 Å². The first-order chi connectivity index (χ1) is 5.42. The molecule has 1 aliphatic heterocycles. The molecule has 1 aromatic rings. The van der Waals surface area contributed by atoms with Gasteiger partial charge in [0.05, 0.1) is 17.9 Å². The van der Waals surface area contributed by atoms with E-state index in [2.05, 4.69) is 15.5 Å². The first kappa shape index (κ1) is 6.82. The summed E-state index contributed by atoms with van der Waals surface area (Å²) in [6.07, 6.45) is 2.95. The summed E-state index contributed by atoms with van der Waals surface area (Å²) in [6.45, 7) is 1.64. The number of H-pyrrole nitrogens is 1. The number of aromatic nitrogens is 2. The summed E-state index contributed by atoms with van der Waals surface area (Å²) in [4.78, 5) is 0. The van der Waals surface area contributed by atoms with Crippen LogP contribution in [-0.2, 0) is 6.42 Å². The highest BCUT2D eigenvalue weighted by atomic mass is 15.1. The Hall–Kier alpha value is -0.870. The molecule has 60 valence electrons. The van der Waals surface area contributed by atoms with Crippen molar-refractivity contribution in [3.05, 3.63) is 17.5 Å². The van der Waals surface area contributed by atoms with E-state index in [0.29, 0.717) is 6.54 Å². The molecule has 1 atom stereocenters. The second-order valence-electron chi connectivity index (χ2n) is 2.80. The Morgan fingerprint density at radius 2 is 2.64 bits per heavy atom. The molecule has 0 radical (unpaired) electrons. The van der Waals surface area contributed by atoms with E-state index in [0.717, 1.165) is 13.0 Å². The van der Waals surface area contributed by atoms with Crippen molar-refractivity contribution in [3.8, 4) is 0 Å². The van der Waals surface area contributed by atoms with Crippen molar-refractivity contribution in [2.24, 2.45) is 5.73 Å². The molecular weight excluding hydrogens is 140 g/mol. The third kappa shape index (κ3) is 1.04. The number of nitrogens with two attached hydrogens (primary N) is 1. The van der Waals surface area contributed by atoms with Gasteiger partial charge in [-0.05, 0) is 18.5 Å². The predicted octanol–water partition coefficient (Wildman–Crippen LogP) is -0.445. The molecule has 1 unspecified atom stereocenters. The van der Waals surface area contributed by atoms with Gasteiger partial charge in [0.1, 0.15) is 0 Å². The lowest BCUT2D eigenvalue weighted by Crippen LogP contribution is -2.34. The van der Waals surface area contributed by atoms with Gasteiger partial charge in [-0.2, -0.15) is 5.10 Å². The third-order valence-electron chi connectivity index (χ3n) is 2.12. The lowest BCUT2D eigenvalue weighted by molar-refractivity contribution is 0.502. The zero-order valence-electron chi connectivity index (χ0n) is 6.30. The number of fused-ring (bicyclic) bond motifs is 1. The number of hydrogen-bond donors (Lipinski definition) is 3. The van der Waals surface area contributed by atoms with Gasteiger partial charge in [0.25, 0.3) is 0 Å². The average molecular weight is 152 g/mol. The average Bonchev–Trinajstić information content (AvgIpc) is 2.50. The molecule has 1 aromatic heterocycles. The van der Waals surface area contributed by atoms with Gasteiger partial charge in [-0.25, -0.2) is 0 Å². The molecule has 0 amide bonds. The van der Waals surface area contributed by atoms with Gasteiger partial charge in [0.2, 0.25) is 0 Å². The minimum absolute atomic E-state index is 0.279. The normalized spacial score (nSPS) is 23.2. The zero-order valence-corrected chi connectivity index (χ0v) is 6.30. The fourth-order valence-electron chi connectivity index (χ4n) is 1.51. The Morgan fingerprint density at radius 3 is 3.45 bits per heavy atom. The van der Waals surface area contributed by atoms with E-state index in [1.54, 1.807) is 0 Å². The van der Waals surface area contributed by atoms with E-state index in [-0.39, 0.29) is 6.04 Å². The number of nitrogens with zero attached hydrogens (tertiary/aromatic N) is 1. The van der Waals surface area contributed by atoms with Gasteiger partial charge in [-0.15, -0.1) is 0 Å². The van der Waals surface area contributed by atoms with Crippen LogP contribution in [0.15, 0.2) is 6.20 Å². The van der Waals surface area contributed by atoms with Crippen LogP contribution in [0.2, 0.25) is 0 Å². The summed E-state index contributed by atoms with van der Waals surface area (Å²) in [6, 6.07) is 0.279. The Labute approximate surface area is 65.2 Å². The van der Waals surface area contributed by atoms with Gasteiger partial charge < -0.3 is 11.1 Å². The van der Waals surface area contributed by atoms with Crippen molar-refractivity contribution in [2.75, 3.05) is 13.1 Å². The fraction of sp³-hybridized carbons (Fsp3) is 0.571. The predicted molar refractivity (Wildman–Crippen MR) is 42.1 cm³/mol. The van der Waals surface area contributed by atoms with Crippen LogP contribution in [0.5, 0.6) is 0 Å². The lowest BCUT2D eigenvalue weighted by atomic mass is 10.0. The third-order valence-corrected chi connectivity index (χ3v) is 2.12. The molecule has 4 nitrogen and oxygen atoms in total. The van der Waals surface area contributed by atoms with E-state index in [9.17, 15) is 0 Å². The van der Waals surface area contributed by atoms with Crippen LogP contribution in [0.25, 0.3) is 0 Å². The van der Waals surface area contributed by atoms with Crippen molar-refractivity contribution in [2.45, 2.75) is 12.5 Å². The van der Waals surface area contributed by atoms with Crippen LogP contribution >= 0.6 is 0 Å². The largest absolute Gasteiger partial charge is 0.329 e. The summed E-state index contributed by atoms with van der Waals surface area (Å²) in [5.41, 5.74) is 8.04. The number of aromatic amines is 1. The standard InChI is InChI=1S/C7H12N4/c8-3-6-7-5(1-2-9-6)4-10-11-7/h4,6,9H,1-3,8H2,(H,10,11). The second-order valence-corrected chi connectivity index (χ2v) is 2.80. The highest BCUT2D eigenvalue weighted by Gasteiger charge is 2.19. The fourth-order valence-corrected chi connectivity index (χ4v) is 1.51. The smallest absolute Gasteiger partial charge is 0.0616 e. The molecule has 0 fully saturated rings. The second kappa shape index (κ2) is 2.64. The molecule has 2 rings (SSSR count). The first-order valence-corrected chi connectivity index (χ1v) is 3.87. The molecule has 11 heavy (non-hydrogen) atoms. The highest BCUT2D eigenvalue weighted by molar-refractivity contribution is 5.23. The van der Waals surface area contributed by atoms with E-state index in [1.165, 1.54) is 11.3 Å². The molecule has 0 aliphatic carbocycles. The van der Waals surface area contributed by atoms with Crippen molar-refractivity contribution in [1.29, 1.82) is 0 Å². The van der Waals surface area contributed by atoms with E-state index in [4.69, 9.17) is 5.73 Å². The molecule has 2 heterocycles. The Bertz CT molecular complexity index is 242. The van der Waals surface area contributed by atoms with Crippen LogP contribution < -0.4 is 11.1 Å². The first-order valence-electron chi connectivity index (χ1n) is 3.87. The summed E-state index contributed by atoms with van der Waals surface area (Å²) in [5, 5.41) is 10.3. The van der Waals surface area contributed by atoms with E-state index >= 15 is 0 Å². The monoisotopic (exact) mass is 152 g/mol. The summed E-state index contributed by atoms with van der Waals surface area (Å²) < 4.78 is 0. The Morgan fingerprint density at radius 1 is 1.73 bits per heavy atom. The van der Waals surface area contributed by atoms with E-state index < -0.39 is 0 Å². The summed E-state index contributed by atoms with van der Waals surface area (Å²) >= 11 is 0. The Kier molecular flexibility index (Phi) is 1.63. The zero-order chi connectivity index (χ0) is 7.68. The molecule has 0 aromatic carbocycles. The molecular formula is C7H12N4. The molecule has 0 spiro atoms. The Balaban J connectivity index is 2.32. The summed E-state index contributed by atoms with van der Waals surface area (Å²) in [7, 11) is 0. The summed E-state index contributed by atoms with van der Waals surface area (Å²) in [5.74, 6) is 0. The van der Waals surface area contributed by atoms with Gasteiger partial charge in [0.15, 0.2) is 0 Å². The molecule has 1 aliphatic rings. The SMILES string of the molecule is NCC1NCCc2cn[nH]c21. The van der Waals surface area contributed by atoms with Crippen molar-refractivity contribution < 1.29 is 0 Å². The van der Waals surface area contributed by atoms with Crippen LogP contribution in [-0.4, -0.2) is 23.3 Å². The van der Waals surface area contributed by atoms with Crippen LogP contribution in [0.1, 0.15) is 17.3 Å². The lowest BCUT2D eigenvalue weighted by Gasteiger charge is -2.21. The van der Waals surface area contributed by atoms with Gasteiger partial charge >= 0.3 is 0 Å². The number of rotatable bonds is 1. The van der Waals surface area contributed by atoms with Crippen molar-refractivity contribution >= 4 is 0 Å². The quantitative estimate of drug-likeness (QED) is 0.511. The molecule has 0 saturated heterocycles. The maximum atomic E-state index is 5.57. The van der Waals surface area contributed by atoms with Crippen LogP contribution in [0.4, 0.5) is 0 Å². The van der Waals surface area contributed by atoms with Crippen molar-refractivity contribution in [1.82, 2.24) is 15.5 Å². The topological polar surface area (TPSA) is 66.7 Å².